The summed E-state index contributed by atoms with van der Waals surface area (Å²) < 4.78 is 10.5. The van der Waals surface area contributed by atoms with Gasteiger partial charge in [0.05, 0.1) is 6.04 Å². The SMILES string of the molecule is CC(C)(C)OC(=O)N(C(=O)OC(C)(C)C)C1CCC(=O)C1. The zero-order valence-electron chi connectivity index (χ0n) is 13.7. The molecular weight excluding hydrogens is 274 g/mol. The zero-order chi connectivity index (χ0) is 16.4. The van der Waals surface area contributed by atoms with Crippen LogP contribution in [0.4, 0.5) is 9.59 Å². The number of amides is 2. The van der Waals surface area contributed by atoms with Gasteiger partial charge in [-0.05, 0) is 48.0 Å². The molecule has 120 valence electrons. The molecule has 1 saturated carbocycles. The smallest absolute Gasteiger partial charge is 0.420 e. The number of carbonyl (C=O) groups is 3. The van der Waals surface area contributed by atoms with E-state index < -0.39 is 29.4 Å². The van der Waals surface area contributed by atoms with Gasteiger partial charge in [-0.25, -0.2) is 14.5 Å². The van der Waals surface area contributed by atoms with Crippen molar-refractivity contribution < 1.29 is 23.9 Å². The van der Waals surface area contributed by atoms with Crippen molar-refractivity contribution in [2.75, 3.05) is 0 Å². The minimum Gasteiger partial charge on any atom is -0.443 e. The molecule has 0 bridgehead atoms. The Labute approximate surface area is 125 Å². The maximum Gasteiger partial charge on any atom is 0.420 e. The second-order valence-electron chi connectivity index (χ2n) is 7.27. The van der Waals surface area contributed by atoms with Gasteiger partial charge in [-0.2, -0.15) is 0 Å². The summed E-state index contributed by atoms with van der Waals surface area (Å²) in [6.07, 6.45) is -0.546. The van der Waals surface area contributed by atoms with E-state index in [-0.39, 0.29) is 12.2 Å². The lowest BCUT2D eigenvalue weighted by molar-refractivity contribution is -0.117. The molecule has 0 aromatic heterocycles. The quantitative estimate of drug-likeness (QED) is 0.743. The Morgan fingerprint density at radius 2 is 1.43 bits per heavy atom. The molecule has 2 amide bonds. The number of nitrogens with zero attached hydrogens (tertiary/aromatic N) is 1. The lowest BCUT2D eigenvalue weighted by atomic mass is 10.2. The molecule has 0 aliphatic heterocycles. The van der Waals surface area contributed by atoms with E-state index in [4.69, 9.17) is 9.47 Å². The highest BCUT2D eigenvalue weighted by atomic mass is 16.6. The molecule has 0 spiro atoms. The predicted octanol–water partition coefficient (Wildman–Crippen LogP) is 3.28. The summed E-state index contributed by atoms with van der Waals surface area (Å²) in [5.74, 6) is 0.0390. The number of hydrogen-bond acceptors (Lipinski definition) is 5. The van der Waals surface area contributed by atoms with Gasteiger partial charge in [0.2, 0.25) is 0 Å². The van der Waals surface area contributed by atoms with Gasteiger partial charge in [0.25, 0.3) is 0 Å². The average molecular weight is 299 g/mol. The van der Waals surface area contributed by atoms with Crippen LogP contribution in [0.1, 0.15) is 60.8 Å². The highest BCUT2D eigenvalue weighted by Gasteiger charge is 2.39. The largest absolute Gasteiger partial charge is 0.443 e. The summed E-state index contributed by atoms with van der Waals surface area (Å²) in [6.45, 7) is 10.3. The summed E-state index contributed by atoms with van der Waals surface area (Å²) in [5.41, 5.74) is -1.44. The van der Waals surface area contributed by atoms with Gasteiger partial charge in [0.15, 0.2) is 0 Å². The Kier molecular flexibility index (Phi) is 5.02. The molecular formula is C15H25NO5. The van der Waals surface area contributed by atoms with E-state index in [9.17, 15) is 14.4 Å². The van der Waals surface area contributed by atoms with Crippen molar-refractivity contribution in [3.05, 3.63) is 0 Å². The van der Waals surface area contributed by atoms with Crippen LogP contribution in [0.3, 0.4) is 0 Å². The van der Waals surface area contributed by atoms with Crippen LogP contribution in [0, 0.1) is 0 Å². The van der Waals surface area contributed by atoms with Gasteiger partial charge in [-0.1, -0.05) is 0 Å². The van der Waals surface area contributed by atoms with E-state index in [1.807, 2.05) is 0 Å². The first kappa shape index (κ1) is 17.5. The molecule has 21 heavy (non-hydrogen) atoms. The van der Waals surface area contributed by atoms with Crippen LogP contribution < -0.4 is 0 Å². The molecule has 0 aromatic rings. The van der Waals surface area contributed by atoms with Crippen LogP contribution in [0.15, 0.2) is 0 Å². The standard InChI is InChI=1S/C15H25NO5/c1-14(2,3)20-12(18)16(10-7-8-11(17)9-10)13(19)21-15(4,5)6/h10H,7-9H2,1-6H3. The Balaban J connectivity index is 2.92. The number of rotatable bonds is 1. The summed E-state index contributed by atoms with van der Waals surface area (Å²) in [7, 11) is 0. The average Bonchev–Trinajstić information content (AvgIpc) is 2.58. The van der Waals surface area contributed by atoms with Crippen LogP contribution in [0.25, 0.3) is 0 Å². The molecule has 0 radical (unpaired) electrons. The van der Waals surface area contributed by atoms with Crippen molar-refractivity contribution in [1.82, 2.24) is 4.90 Å². The van der Waals surface area contributed by atoms with Crippen molar-refractivity contribution in [3.63, 3.8) is 0 Å². The summed E-state index contributed by atoms with van der Waals surface area (Å²) in [5, 5.41) is 0. The van der Waals surface area contributed by atoms with Gasteiger partial charge in [-0.3, -0.25) is 4.79 Å². The third-order valence-electron chi connectivity index (χ3n) is 2.77. The fraction of sp³-hybridized carbons (Fsp3) is 0.800. The third kappa shape index (κ3) is 5.73. The minimum atomic E-state index is -0.767. The predicted molar refractivity (Wildman–Crippen MR) is 77.0 cm³/mol. The van der Waals surface area contributed by atoms with E-state index >= 15 is 0 Å². The second kappa shape index (κ2) is 6.03. The topological polar surface area (TPSA) is 72.9 Å². The molecule has 1 fully saturated rings. The van der Waals surface area contributed by atoms with Crippen LogP contribution in [-0.2, 0) is 14.3 Å². The maximum absolute atomic E-state index is 12.3. The number of ketones is 1. The summed E-state index contributed by atoms with van der Waals surface area (Å²) in [4.78, 5) is 36.9. The molecule has 1 aliphatic carbocycles. The van der Waals surface area contributed by atoms with E-state index in [2.05, 4.69) is 0 Å². The highest BCUT2D eigenvalue weighted by Crippen LogP contribution is 2.25. The number of carbonyl (C=O) groups excluding carboxylic acids is 3. The first-order valence-corrected chi connectivity index (χ1v) is 7.16. The van der Waals surface area contributed by atoms with Crippen molar-refractivity contribution in [2.45, 2.75) is 78.0 Å². The molecule has 1 atom stereocenters. The number of Topliss-reactive ketones (excluding diaryl/α,β-unsaturated/α-hetero) is 1. The van der Waals surface area contributed by atoms with Gasteiger partial charge in [-0.15, -0.1) is 0 Å². The Bertz CT molecular complexity index is 402. The van der Waals surface area contributed by atoms with Crippen LogP contribution in [-0.4, -0.2) is 40.1 Å². The fourth-order valence-electron chi connectivity index (χ4n) is 2.01. The third-order valence-corrected chi connectivity index (χ3v) is 2.77. The van der Waals surface area contributed by atoms with Crippen LogP contribution in [0.5, 0.6) is 0 Å². The van der Waals surface area contributed by atoms with E-state index in [0.717, 1.165) is 4.90 Å². The van der Waals surface area contributed by atoms with Gasteiger partial charge < -0.3 is 9.47 Å². The first-order chi connectivity index (χ1) is 9.39. The van der Waals surface area contributed by atoms with Crippen LogP contribution in [0.2, 0.25) is 0 Å². The second-order valence-corrected chi connectivity index (χ2v) is 7.27. The van der Waals surface area contributed by atoms with Crippen molar-refractivity contribution in [3.8, 4) is 0 Å². The lowest BCUT2D eigenvalue weighted by Gasteiger charge is -2.31. The Hall–Kier alpha value is -1.59. The van der Waals surface area contributed by atoms with Crippen molar-refractivity contribution >= 4 is 18.0 Å². The molecule has 1 unspecified atom stereocenters. The monoisotopic (exact) mass is 299 g/mol. The number of hydrogen-bond donors (Lipinski definition) is 0. The molecule has 0 saturated heterocycles. The molecule has 0 aromatic carbocycles. The number of imide groups is 1. The van der Waals surface area contributed by atoms with E-state index in [1.165, 1.54) is 0 Å². The molecule has 0 N–H and O–H groups in total. The van der Waals surface area contributed by atoms with Gasteiger partial charge in [0, 0.05) is 12.8 Å². The maximum atomic E-state index is 12.3. The lowest BCUT2D eigenvalue weighted by Crippen LogP contribution is -2.48. The van der Waals surface area contributed by atoms with Crippen molar-refractivity contribution in [2.24, 2.45) is 0 Å². The molecule has 1 aliphatic rings. The molecule has 1 rings (SSSR count). The van der Waals surface area contributed by atoms with Crippen molar-refractivity contribution in [1.29, 1.82) is 0 Å². The molecule has 0 heterocycles. The highest BCUT2D eigenvalue weighted by molar-refractivity contribution is 5.91. The molecule has 6 heteroatoms. The number of ether oxygens (including phenoxy) is 2. The summed E-state index contributed by atoms with van der Waals surface area (Å²) in [6, 6.07) is -0.484. The zero-order valence-corrected chi connectivity index (χ0v) is 13.7. The van der Waals surface area contributed by atoms with Gasteiger partial charge in [0.1, 0.15) is 17.0 Å². The van der Waals surface area contributed by atoms with E-state index in [0.29, 0.717) is 12.8 Å². The minimum absolute atomic E-state index is 0.0390. The summed E-state index contributed by atoms with van der Waals surface area (Å²) >= 11 is 0. The normalized spacial score (nSPS) is 19.3. The Morgan fingerprint density at radius 1 is 1.00 bits per heavy atom. The first-order valence-electron chi connectivity index (χ1n) is 7.16. The molecule has 6 nitrogen and oxygen atoms in total. The fourth-order valence-corrected chi connectivity index (χ4v) is 2.01. The Morgan fingerprint density at radius 3 is 1.71 bits per heavy atom. The van der Waals surface area contributed by atoms with Gasteiger partial charge >= 0.3 is 12.2 Å². The van der Waals surface area contributed by atoms with E-state index in [1.54, 1.807) is 41.5 Å². The van der Waals surface area contributed by atoms with Crippen LogP contribution >= 0.6 is 0 Å².